The molecule has 0 radical (unpaired) electrons. The van der Waals surface area contributed by atoms with Crippen LogP contribution in [-0.4, -0.2) is 27.9 Å². The minimum absolute atomic E-state index is 0. The number of rotatable bonds is 2. The first-order valence-electron chi connectivity index (χ1n) is 5.97. The van der Waals surface area contributed by atoms with Gasteiger partial charge in [-0.25, -0.2) is 0 Å². The monoisotopic (exact) mass is 220 g/mol. The maximum atomic E-state index is 9.18. The fourth-order valence-corrected chi connectivity index (χ4v) is 1.59. The average molecular weight is 220 g/mol. The zero-order valence-electron chi connectivity index (χ0n) is 10.4. The predicted molar refractivity (Wildman–Crippen MR) is 63.8 cm³/mol. The molecular weight excluding hydrogens is 192 g/mol. The lowest BCUT2D eigenvalue weighted by atomic mass is 9.88. The van der Waals surface area contributed by atoms with E-state index in [1.807, 2.05) is 13.8 Å². The van der Waals surface area contributed by atoms with Gasteiger partial charge < -0.3 is 15.7 Å². The fraction of sp³-hybridized carbons (Fsp3) is 1.00. The molecule has 0 saturated heterocycles. The fourth-order valence-electron chi connectivity index (χ4n) is 1.59. The zero-order chi connectivity index (χ0) is 11.0. The standard InChI is InChI=1S/C7H14O.C5H12O.H2O/c1-6-4-2-3-5-7(6)8;1-3-5(6)4-2;/h6-8H,2-5H2,1H3;5-6H,3-4H2,1-2H3;1H2. The summed E-state index contributed by atoms with van der Waals surface area (Å²) in [4.78, 5) is 0. The summed E-state index contributed by atoms with van der Waals surface area (Å²) in [5.41, 5.74) is 0. The lowest BCUT2D eigenvalue weighted by Crippen LogP contribution is -2.21. The van der Waals surface area contributed by atoms with Gasteiger partial charge in [-0.15, -0.1) is 0 Å². The Kier molecular flexibility index (Phi) is 12.0. The summed E-state index contributed by atoms with van der Waals surface area (Å²) in [6, 6.07) is 0. The van der Waals surface area contributed by atoms with Crippen molar-refractivity contribution in [2.45, 2.75) is 71.5 Å². The molecule has 2 unspecified atom stereocenters. The van der Waals surface area contributed by atoms with Crippen LogP contribution in [0, 0.1) is 5.92 Å². The number of aliphatic hydroxyl groups is 2. The molecule has 4 N–H and O–H groups in total. The van der Waals surface area contributed by atoms with E-state index < -0.39 is 0 Å². The van der Waals surface area contributed by atoms with Crippen LogP contribution in [0.5, 0.6) is 0 Å². The van der Waals surface area contributed by atoms with Crippen LogP contribution in [0.25, 0.3) is 0 Å². The van der Waals surface area contributed by atoms with Crippen LogP contribution in [0.15, 0.2) is 0 Å². The van der Waals surface area contributed by atoms with E-state index in [4.69, 9.17) is 5.11 Å². The van der Waals surface area contributed by atoms with Crippen LogP contribution in [-0.2, 0) is 0 Å². The maximum Gasteiger partial charge on any atom is 0.0565 e. The second-order valence-corrected chi connectivity index (χ2v) is 4.30. The molecule has 1 aliphatic rings. The summed E-state index contributed by atoms with van der Waals surface area (Å²) in [6.07, 6.45) is 6.51. The highest BCUT2D eigenvalue weighted by Gasteiger charge is 2.17. The van der Waals surface area contributed by atoms with Gasteiger partial charge in [-0.3, -0.25) is 0 Å². The van der Waals surface area contributed by atoms with Gasteiger partial charge in [0, 0.05) is 0 Å². The van der Waals surface area contributed by atoms with Crippen molar-refractivity contribution < 1.29 is 15.7 Å². The highest BCUT2D eigenvalue weighted by molar-refractivity contribution is 4.69. The second-order valence-electron chi connectivity index (χ2n) is 4.30. The quantitative estimate of drug-likeness (QED) is 0.746. The molecule has 0 aromatic heterocycles. The van der Waals surface area contributed by atoms with Crippen molar-refractivity contribution in [2.75, 3.05) is 0 Å². The molecule has 0 heterocycles. The van der Waals surface area contributed by atoms with E-state index in [-0.39, 0.29) is 17.7 Å². The highest BCUT2D eigenvalue weighted by atomic mass is 16.3. The Labute approximate surface area is 93.8 Å². The van der Waals surface area contributed by atoms with Gasteiger partial charge in [-0.2, -0.15) is 0 Å². The SMILES string of the molecule is CC1CCCCC1O.CCC(O)CC.O. The third-order valence-corrected chi connectivity index (χ3v) is 3.01. The van der Waals surface area contributed by atoms with Gasteiger partial charge in [0.1, 0.15) is 0 Å². The molecule has 0 spiro atoms. The van der Waals surface area contributed by atoms with Gasteiger partial charge in [0.25, 0.3) is 0 Å². The van der Waals surface area contributed by atoms with E-state index in [0.29, 0.717) is 5.92 Å². The number of hydrogen-bond donors (Lipinski definition) is 2. The Morgan fingerprint density at radius 3 is 1.80 bits per heavy atom. The molecule has 0 bridgehead atoms. The van der Waals surface area contributed by atoms with E-state index in [9.17, 15) is 5.11 Å². The Morgan fingerprint density at radius 2 is 1.60 bits per heavy atom. The predicted octanol–water partition coefficient (Wildman–Crippen LogP) is 1.90. The summed E-state index contributed by atoms with van der Waals surface area (Å²) >= 11 is 0. The summed E-state index contributed by atoms with van der Waals surface area (Å²) in [7, 11) is 0. The molecular formula is C12H28O3. The zero-order valence-corrected chi connectivity index (χ0v) is 10.4. The first-order valence-corrected chi connectivity index (χ1v) is 5.97. The molecule has 0 aromatic carbocycles. The third kappa shape index (κ3) is 8.85. The van der Waals surface area contributed by atoms with Crippen LogP contribution < -0.4 is 0 Å². The molecule has 3 heteroatoms. The Morgan fingerprint density at radius 1 is 1.13 bits per heavy atom. The van der Waals surface area contributed by atoms with Crippen LogP contribution in [0.2, 0.25) is 0 Å². The topological polar surface area (TPSA) is 72.0 Å². The molecule has 15 heavy (non-hydrogen) atoms. The molecule has 1 saturated carbocycles. The summed E-state index contributed by atoms with van der Waals surface area (Å²) in [6.45, 7) is 6.09. The number of aliphatic hydroxyl groups excluding tert-OH is 2. The van der Waals surface area contributed by atoms with Crippen molar-refractivity contribution in [2.24, 2.45) is 5.92 Å². The largest absolute Gasteiger partial charge is 0.412 e. The maximum absolute atomic E-state index is 9.18. The van der Waals surface area contributed by atoms with Crippen molar-refractivity contribution in [1.82, 2.24) is 0 Å². The lowest BCUT2D eigenvalue weighted by Gasteiger charge is -2.23. The van der Waals surface area contributed by atoms with Crippen LogP contribution in [0.1, 0.15) is 59.3 Å². The minimum atomic E-state index is -0.0648. The van der Waals surface area contributed by atoms with E-state index in [1.54, 1.807) is 0 Å². The van der Waals surface area contributed by atoms with Crippen LogP contribution in [0.3, 0.4) is 0 Å². The smallest absolute Gasteiger partial charge is 0.0565 e. The second kappa shape index (κ2) is 10.4. The molecule has 0 aromatic rings. The molecule has 1 fully saturated rings. The van der Waals surface area contributed by atoms with Gasteiger partial charge in [-0.1, -0.05) is 33.6 Å². The molecule has 94 valence electrons. The molecule has 0 amide bonds. The molecule has 3 nitrogen and oxygen atoms in total. The third-order valence-electron chi connectivity index (χ3n) is 3.01. The van der Waals surface area contributed by atoms with E-state index in [0.717, 1.165) is 19.3 Å². The van der Waals surface area contributed by atoms with Crippen molar-refractivity contribution in [3.63, 3.8) is 0 Å². The van der Waals surface area contributed by atoms with Gasteiger partial charge in [0.05, 0.1) is 12.2 Å². The highest BCUT2D eigenvalue weighted by Crippen LogP contribution is 2.22. The first kappa shape index (κ1) is 17.3. The van der Waals surface area contributed by atoms with Crippen molar-refractivity contribution in [1.29, 1.82) is 0 Å². The van der Waals surface area contributed by atoms with Crippen molar-refractivity contribution in [3.8, 4) is 0 Å². The normalized spacial score (nSPS) is 25.2. The summed E-state index contributed by atoms with van der Waals surface area (Å²) in [5, 5.41) is 17.8. The summed E-state index contributed by atoms with van der Waals surface area (Å²) < 4.78 is 0. The molecule has 1 aliphatic carbocycles. The minimum Gasteiger partial charge on any atom is -0.412 e. The number of hydrogen-bond acceptors (Lipinski definition) is 2. The molecule has 1 rings (SSSR count). The Bertz CT molecular complexity index is 114. The van der Waals surface area contributed by atoms with Gasteiger partial charge in [0.15, 0.2) is 0 Å². The molecule has 0 aliphatic heterocycles. The Hall–Kier alpha value is -0.120. The lowest BCUT2D eigenvalue weighted by molar-refractivity contribution is 0.0793. The van der Waals surface area contributed by atoms with Crippen molar-refractivity contribution >= 4 is 0 Å². The van der Waals surface area contributed by atoms with E-state index >= 15 is 0 Å². The van der Waals surface area contributed by atoms with E-state index in [1.165, 1.54) is 19.3 Å². The van der Waals surface area contributed by atoms with Gasteiger partial charge in [0.2, 0.25) is 0 Å². The van der Waals surface area contributed by atoms with Crippen LogP contribution in [0.4, 0.5) is 0 Å². The van der Waals surface area contributed by atoms with E-state index in [2.05, 4.69) is 6.92 Å². The van der Waals surface area contributed by atoms with Gasteiger partial charge in [-0.05, 0) is 31.6 Å². The Balaban J connectivity index is 0. The van der Waals surface area contributed by atoms with Crippen LogP contribution >= 0.6 is 0 Å². The average Bonchev–Trinajstić information content (AvgIpc) is 2.22. The summed E-state index contributed by atoms with van der Waals surface area (Å²) in [5.74, 6) is 0.559. The van der Waals surface area contributed by atoms with Crippen molar-refractivity contribution in [3.05, 3.63) is 0 Å². The molecule has 2 atom stereocenters. The first-order chi connectivity index (χ1) is 6.61. The van der Waals surface area contributed by atoms with Gasteiger partial charge >= 0.3 is 0 Å².